The first kappa shape index (κ1) is 29.4. The van der Waals surface area contributed by atoms with Crippen LogP contribution in [0.15, 0.2) is 61.1 Å². The molecule has 2 aliphatic heterocycles. The summed E-state index contributed by atoms with van der Waals surface area (Å²) in [5, 5.41) is 23.4. The second-order valence-corrected chi connectivity index (χ2v) is 11.0. The number of pyridine rings is 2. The normalized spacial score (nSPS) is 17.4. The number of likely N-dealkylation sites (tertiary alicyclic amines) is 1. The Morgan fingerprint density at radius 1 is 0.977 bits per heavy atom. The molecular formula is C32H34FN7O4. The molecule has 44 heavy (non-hydrogen) atoms. The molecule has 3 N–H and O–H groups in total. The zero-order valence-corrected chi connectivity index (χ0v) is 24.4. The number of piperidine rings is 2. The molecule has 228 valence electrons. The second-order valence-electron chi connectivity index (χ2n) is 11.0. The van der Waals surface area contributed by atoms with E-state index in [9.17, 15) is 19.4 Å². The topological polar surface area (TPSA) is 137 Å². The summed E-state index contributed by atoms with van der Waals surface area (Å²) in [6.07, 6.45) is 6.80. The van der Waals surface area contributed by atoms with Crippen LogP contribution in [0.4, 0.5) is 21.7 Å². The second kappa shape index (κ2) is 12.9. The molecule has 11 nitrogen and oxygen atoms in total. The molecule has 2 fully saturated rings. The van der Waals surface area contributed by atoms with Crippen molar-refractivity contribution in [1.82, 2.24) is 24.8 Å². The zero-order chi connectivity index (χ0) is 30.6. The first-order chi connectivity index (χ1) is 21.4. The molecule has 0 spiro atoms. The number of benzene rings is 1. The van der Waals surface area contributed by atoms with Crippen LogP contribution in [0.2, 0.25) is 0 Å². The quantitative estimate of drug-likeness (QED) is 0.285. The number of nitrogens with zero attached hydrogens (tertiary/aromatic N) is 6. The largest absolute Gasteiger partial charge is 0.496 e. The number of nitrogens with one attached hydrogen (secondary N) is 1. The molecule has 0 bridgehead atoms. The first-order valence-corrected chi connectivity index (χ1v) is 14.7. The number of aromatic nitrogens is 4. The number of halogens is 1. The number of methoxy groups -OCH3 is 1. The Hall–Kier alpha value is -4.68. The summed E-state index contributed by atoms with van der Waals surface area (Å²) in [4.78, 5) is 34.7. The Morgan fingerprint density at radius 2 is 1.82 bits per heavy atom. The van der Waals surface area contributed by atoms with E-state index in [1.165, 1.54) is 19.4 Å². The van der Waals surface area contributed by atoms with Crippen LogP contribution in [0.25, 0.3) is 22.5 Å². The number of ether oxygens (including phenoxy) is 1. The number of aliphatic hydroxyl groups is 2. The molecule has 6 rings (SSSR count). The van der Waals surface area contributed by atoms with E-state index in [-0.39, 0.29) is 23.4 Å². The van der Waals surface area contributed by atoms with Gasteiger partial charge in [-0.05, 0) is 49.9 Å². The van der Waals surface area contributed by atoms with Crippen molar-refractivity contribution in [3.05, 3.63) is 72.6 Å². The summed E-state index contributed by atoms with van der Waals surface area (Å²) in [6.45, 7) is 2.23. The molecule has 5 heterocycles. The lowest BCUT2D eigenvalue weighted by atomic mass is 10.0. The van der Waals surface area contributed by atoms with Crippen molar-refractivity contribution in [3.63, 3.8) is 0 Å². The molecule has 0 radical (unpaired) electrons. The van der Waals surface area contributed by atoms with Crippen LogP contribution in [0, 0.1) is 5.82 Å². The van der Waals surface area contributed by atoms with Gasteiger partial charge in [-0.25, -0.2) is 19.3 Å². The van der Waals surface area contributed by atoms with Crippen LogP contribution in [0.3, 0.4) is 0 Å². The van der Waals surface area contributed by atoms with Crippen molar-refractivity contribution >= 4 is 23.2 Å². The minimum Gasteiger partial charge on any atom is -0.496 e. The minimum absolute atomic E-state index is 0.155. The SMILES string of the molecule is COc1cccc(F)c1-c1nccc(Nc2cc(N3CCC[C@H](O)C3)c(-c3ccc(C(=O)N4CCC(O)CC4)nc3)cn2)n1. The Bertz CT molecular complexity index is 1630. The van der Waals surface area contributed by atoms with Crippen molar-refractivity contribution in [1.29, 1.82) is 0 Å². The minimum atomic E-state index is -0.494. The van der Waals surface area contributed by atoms with Crippen LogP contribution in [-0.2, 0) is 0 Å². The maximum atomic E-state index is 14.7. The fourth-order valence-electron chi connectivity index (χ4n) is 5.65. The van der Waals surface area contributed by atoms with E-state index < -0.39 is 11.9 Å². The van der Waals surface area contributed by atoms with Crippen LogP contribution >= 0.6 is 0 Å². The summed E-state index contributed by atoms with van der Waals surface area (Å²) in [5.74, 6) is 0.763. The van der Waals surface area contributed by atoms with E-state index in [4.69, 9.17) is 4.74 Å². The van der Waals surface area contributed by atoms with Crippen molar-refractivity contribution < 1.29 is 24.1 Å². The summed E-state index contributed by atoms with van der Waals surface area (Å²) in [5.41, 5.74) is 2.93. The first-order valence-electron chi connectivity index (χ1n) is 14.7. The highest BCUT2D eigenvalue weighted by Gasteiger charge is 2.25. The lowest BCUT2D eigenvalue weighted by molar-refractivity contribution is 0.0541. The standard InChI is InChI=1S/C32H34FN7O4/c1-44-27-6-2-5-24(33)30(27)31-34-12-9-28(38-31)37-29-16-26(40-13-3-4-22(42)19-40)23(18-36-29)20-7-8-25(35-17-20)32(43)39-14-10-21(41)11-15-39/h2,5-9,12,16-18,21-22,41-42H,3-4,10-11,13-15,19H2,1H3,(H,34,36,37,38)/t22-/m0/s1. The molecule has 2 saturated heterocycles. The number of hydrogen-bond acceptors (Lipinski definition) is 10. The van der Waals surface area contributed by atoms with E-state index in [1.54, 1.807) is 41.6 Å². The maximum Gasteiger partial charge on any atom is 0.272 e. The van der Waals surface area contributed by atoms with E-state index in [2.05, 4.69) is 30.2 Å². The number of amides is 1. The molecule has 0 unspecified atom stereocenters. The average molecular weight is 600 g/mol. The zero-order valence-electron chi connectivity index (χ0n) is 24.4. The van der Waals surface area contributed by atoms with Crippen molar-refractivity contribution in [2.24, 2.45) is 0 Å². The van der Waals surface area contributed by atoms with Crippen molar-refractivity contribution in [2.45, 2.75) is 37.9 Å². The number of carbonyl (C=O) groups is 1. The van der Waals surface area contributed by atoms with Gasteiger partial charge in [0.1, 0.15) is 28.9 Å². The fourth-order valence-corrected chi connectivity index (χ4v) is 5.65. The molecule has 0 aliphatic carbocycles. The fraction of sp³-hybridized carbons (Fsp3) is 0.344. The van der Waals surface area contributed by atoms with E-state index in [0.29, 0.717) is 55.6 Å². The van der Waals surface area contributed by atoms with E-state index >= 15 is 0 Å². The summed E-state index contributed by atoms with van der Waals surface area (Å²) in [7, 11) is 1.46. The predicted octanol–water partition coefficient (Wildman–Crippen LogP) is 4.05. The number of β-amino-alcohol motifs (C(OH)–C–C–N with tert-alkyl or cyclic N) is 1. The summed E-state index contributed by atoms with van der Waals surface area (Å²) >= 11 is 0. The lowest BCUT2D eigenvalue weighted by Gasteiger charge is -2.33. The number of aliphatic hydroxyl groups excluding tert-OH is 2. The third-order valence-electron chi connectivity index (χ3n) is 8.00. The Balaban J connectivity index is 1.29. The molecule has 1 aromatic carbocycles. The van der Waals surface area contributed by atoms with Gasteiger partial charge in [0, 0.05) is 67.7 Å². The van der Waals surface area contributed by atoms with E-state index in [1.807, 2.05) is 12.1 Å². The Kier molecular flexibility index (Phi) is 8.62. The van der Waals surface area contributed by atoms with Crippen LogP contribution in [-0.4, -0.2) is 86.5 Å². The molecular weight excluding hydrogens is 565 g/mol. The molecule has 1 amide bonds. The highest BCUT2D eigenvalue weighted by Crippen LogP contribution is 2.35. The highest BCUT2D eigenvalue weighted by molar-refractivity contribution is 5.93. The van der Waals surface area contributed by atoms with E-state index in [0.717, 1.165) is 36.2 Å². The van der Waals surface area contributed by atoms with Gasteiger partial charge in [0.25, 0.3) is 5.91 Å². The van der Waals surface area contributed by atoms with Gasteiger partial charge in [-0.15, -0.1) is 0 Å². The molecule has 0 saturated carbocycles. The number of anilines is 3. The van der Waals surface area contributed by atoms with Gasteiger partial charge in [-0.2, -0.15) is 0 Å². The number of hydrogen-bond donors (Lipinski definition) is 3. The van der Waals surface area contributed by atoms with Crippen LogP contribution in [0.1, 0.15) is 36.2 Å². The van der Waals surface area contributed by atoms with Crippen molar-refractivity contribution in [2.75, 3.05) is 43.5 Å². The van der Waals surface area contributed by atoms with Crippen LogP contribution in [0.5, 0.6) is 5.75 Å². The van der Waals surface area contributed by atoms with Gasteiger partial charge in [0.2, 0.25) is 0 Å². The molecule has 12 heteroatoms. The third kappa shape index (κ3) is 6.31. The molecule has 4 aromatic rings. The van der Waals surface area contributed by atoms with Gasteiger partial charge in [0.15, 0.2) is 5.82 Å². The van der Waals surface area contributed by atoms with Gasteiger partial charge in [-0.1, -0.05) is 12.1 Å². The van der Waals surface area contributed by atoms with Gasteiger partial charge in [-0.3, -0.25) is 9.78 Å². The molecule has 3 aromatic heterocycles. The highest BCUT2D eigenvalue weighted by atomic mass is 19.1. The average Bonchev–Trinajstić information content (AvgIpc) is 3.05. The third-order valence-corrected chi connectivity index (χ3v) is 8.00. The molecule has 2 aliphatic rings. The van der Waals surface area contributed by atoms with Crippen LogP contribution < -0.4 is 15.0 Å². The number of rotatable bonds is 7. The summed E-state index contributed by atoms with van der Waals surface area (Å²) < 4.78 is 20.0. The van der Waals surface area contributed by atoms with Crippen molar-refractivity contribution in [3.8, 4) is 28.3 Å². The number of carbonyl (C=O) groups excluding carboxylic acids is 1. The Morgan fingerprint density at radius 3 is 2.57 bits per heavy atom. The van der Waals surface area contributed by atoms with Gasteiger partial charge in [0.05, 0.1) is 24.9 Å². The molecule has 1 atom stereocenters. The summed E-state index contributed by atoms with van der Waals surface area (Å²) in [6, 6.07) is 11.7. The monoisotopic (exact) mass is 599 g/mol. The lowest BCUT2D eigenvalue weighted by Crippen LogP contribution is -2.40. The van der Waals surface area contributed by atoms with Gasteiger partial charge >= 0.3 is 0 Å². The predicted molar refractivity (Wildman–Crippen MR) is 163 cm³/mol. The van der Waals surface area contributed by atoms with Gasteiger partial charge < -0.3 is 30.1 Å². The maximum absolute atomic E-state index is 14.7. The Labute approximate surface area is 254 Å². The smallest absolute Gasteiger partial charge is 0.272 e.